The van der Waals surface area contributed by atoms with E-state index in [2.05, 4.69) is 36.0 Å². The summed E-state index contributed by atoms with van der Waals surface area (Å²) >= 11 is 0. The van der Waals surface area contributed by atoms with E-state index < -0.39 is 5.41 Å². The van der Waals surface area contributed by atoms with Gasteiger partial charge in [0.25, 0.3) is 0 Å². The molecule has 1 rings (SSSR count). The molecule has 0 aliphatic rings. The molecule has 0 radical (unpaired) electrons. The van der Waals surface area contributed by atoms with E-state index in [-0.39, 0.29) is 5.97 Å². The first-order chi connectivity index (χ1) is 8.94. The molecule has 0 aromatic carbocycles. The van der Waals surface area contributed by atoms with Crippen LogP contribution in [0.2, 0.25) is 0 Å². The number of ether oxygens (including phenoxy) is 1. The van der Waals surface area contributed by atoms with Crippen molar-refractivity contribution in [3.8, 4) is 0 Å². The highest BCUT2D eigenvalue weighted by Crippen LogP contribution is 2.22. The SMILES string of the molecule is CCNC(CC)c1ccn(CC(C)(C)C(=O)OC)c1. The van der Waals surface area contributed by atoms with Crippen LogP contribution in [0.15, 0.2) is 18.5 Å². The van der Waals surface area contributed by atoms with E-state index in [0.717, 1.165) is 13.0 Å². The average molecular weight is 266 g/mol. The van der Waals surface area contributed by atoms with Crippen LogP contribution in [-0.4, -0.2) is 24.2 Å². The number of nitrogens with one attached hydrogen (secondary N) is 1. The Hall–Kier alpha value is -1.29. The summed E-state index contributed by atoms with van der Waals surface area (Å²) < 4.78 is 6.90. The van der Waals surface area contributed by atoms with Crippen molar-refractivity contribution in [2.75, 3.05) is 13.7 Å². The van der Waals surface area contributed by atoms with Crippen molar-refractivity contribution in [2.24, 2.45) is 5.41 Å². The van der Waals surface area contributed by atoms with Crippen LogP contribution < -0.4 is 5.32 Å². The fourth-order valence-electron chi connectivity index (χ4n) is 2.31. The average Bonchev–Trinajstić information content (AvgIpc) is 2.82. The predicted molar refractivity (Wildman–Crippen MR) is 76.9 cm³/mol. The molecule has 0 saturated carbocycles. The van der Waals surface area contributed by atoms with Gasteiger partial charge in [-0.25, -0.2) is 0 Å². The van der Waals surface area contributed by atoms with Crippen molar-refractivity contribution in [3.63, 3.8) is 0 Å². The number of hydrogen-bond donors (Lipinski definition) is 1. The van der Waals surface area contributed by atoms with E-state index in [1.807, 2.05) is 20.0 Å². The minimum Gasteiger partial charge on any atom is -0.469 e. The van der Waals surface area contributed by atoms with Crippen LogP contribution in [-0.2, 0) is 16.1 Å². The summed E-state index contributed by atoms with van der Waals surface area (Å²) in [6.45, 7) is 9.67. The molecule has 1 unspecified atom stereocenters. The molecule has 0 spiro atoms. The molecule has 19 heavy (non-hydrogen) atoms. The maximum atomic E-state index is 11.7. The minimum absolute atomic E-state index is 0.179. The second-order valence-corrected chi connectivity index (χ2v) is 5.51. The first-order valence-corrected chi connectivity index (χ1v) is 6.92. The van der Waals surface area contributed by atoms with E-state index >= 15 is 0 Å². The number of carbonyl (C=O) groups excluding carboxylic acids is 1. The smallest absolute Gasteiger partial charge is 0.313 e. The van der Waals surface area contributed by atoms with Crippen LogP contribution in [0, 0.1) is 5.41 Å². The van der Waals surface area contributed by atoms with Crippen molar-refractivity contribution >= 4 is 5.97 Å². The molecule has 0 saturated heterocycles. The molecule has 0 fully saturated rings. The van der Waals surface area contributed by atoms with E-state index in [4.69, 9.17) is 4.74 Å². The summed E-state index contributed by atoms with van der Waals surface area (Å²) in [5.41, 5.74) is 0.760. The molecule has 0 aliphatic heterocycles. The van der Waals surface area contributed by atoms with Gasteiger partial charge in [0.05, 0.1) is 12.5 Å². The minimum atomic E-state index is -0.509. The molecular weight excluding hydrogens is 240 g/mol. The third kappa shape index (κ3) is 4.10. The van der Waals surface area contributed by atoms with E-state index in [1.54, 1.807) is 0 Å². The van der Waals surface area contributed by atoms with Gasteiger partial charge in [0.2, 0.25) is 0 Å². The van der Waals surface area contributed by atoms with Crippen molar-refractivity contribution in [1.29, 1.82) is 0 Å². The Morgan fingerprint density at radius 3 is 2.68 bits per heavy atom. The summed E-state index contributed by atoms with van der Waals surface area (Å²) in [5, 5.41) is 3.45. The molecule has 0 amide bonds. The quantitative estimate of drug-likeness (QED) is 0.772. The number of esters is 1. The fourth-order valence-corrected chi connectivity index (χ4v) is 2.31. The highest BCUT2D eigenvalue weighted by atomic mass is 16.5. The molecule has 1 aromatic heterocycles. The molecule has 1 heterocycles. The maximum absolute atomic E-state index is 11.7. The number of hydrogen-bond acceptors (Lipinski definition) is 3. The number of methoxy groups -OCH3 is 1. The summed E-state index contributed by atoms with van der Waals surface area (Å²) in [6.07, 6.45) is 5.19. The van der Waals surface area contributed by atoms with Gasteiger partial charge in [0.1, 0.15) is 0 Å². The van der Waals surface area contributed by atoms with Gasteiger partial charge in [0, 0.05) is 25.0 Å². The standard InChI is InChI=1S/C15H26N2O2/c1-6-13(16-7-2)12-8-9-17(10-12)11-15(3,4)14(18)19-5/h8-10,13,16H,6-7,11H2,1-5H3. The zero-order valence-electron chi connectivity index (χ0n) is 12.7. The lowest BCUT2D eigenvalue weighted by Crippen LogP contribution is -2.30. The molecule has 1 aromatic rings. The molecule has 0 aliphatic carbocycles. The largest absolute Gasteiger partial charge is 0.469 e. The van der Waals surface area contributed by atoms with E-state index in [0.29, 0.717) is 12.6 Å². The fraction of sp³-hybridized carbons (Fsp3) is 0.667. The van der Waals surface area contributed by atoms with Gasteiger partial charge in [-0.05, 0) is 38.4 Å². The Labute approximate surface area is 116 Å². The van der Waals surface area contributed by atoms with Crippen molar-refractivity contribution < 1.29 is 9.53 Å². The van der Waals surface area contributed by atoms with Gasteiger partial charge in [-0.1, -0.05) is 13.8 Å². The van der Waals surface area contributed by atoms with Crippen LogP contribution >= 0.6 is 0 Å². The van der Waals surface area contributed by atoms with E-state index in [9.17, 15) is 4.79 Å². The summed E-state index contributed by atoms with van der Waals surface area (Å²) in [5.74, 6) is -0.179. The van der Waals surface area contributed by atoms with Crippen molar-refractivity contribution in [1.82, 2.24) is 9.88 Å². The van der Waals surface area contributed by atoms with Crippen LogP contribution in [0.4, 0.5) is 0 Å². The van der Waals surface area contributed by atoms with Gasteiger partial charge in [-0.2, -0.15) is 0 Å². The van der Waals surface area contributed by atoms with Crippen LogP contribution in [0.25, 0.3) is 0 Å². The van der Waals surface area contributed by atoms with Gasteiger partial charge in [-0.15, -0.1) is 0 Å². The lowest BCUT2D eigenvalue weighted by atomic mass is 9.94. The van der Waals surface area contributed by atoms with Gasteiger partial charge in [0.15, 0.2) is 0 Å². The molecule has 108 valence electrons. The number of nitrogens with zero attached hydrogens (tertiary/aromatic N) is 1. The van der Waals surface area contributed by atoms with Crippen molar-refractivity contribution in [3.05, 3.63) is 24.0 Å². The Bertz CT molecular complexity index is 410. The normalized spacial score (nSPS) is 13.3. The summed E-state index contributed by atoms with van der Waals surface area (Å²) in [6, 6.07) is 2.50. The summed E-state index contributed by atoms with van der Waals surface area (Å²) in [7, 11) is 1.43. The van der Waals surface area contributed by atoms with Crippen molar-refractivity contribution in [2.45, 2.75) is 46.7 Å². The molecule has 4 nitrogen and oxygen atoms in total. The van der Waals surface area contributed by atoms with Crippen LogP contribution in [0.1, 0.15) is 45.7 Å². The highest BCUT2D eigenvalue weighted by molar-refractivity contribution is 5.75. The maximum Gasteiger partial charge on any atom is 0.313 e. The monoisotopic (exact) mass is 266 g/mol. The molecule has 1 N–H and O–H groups in total. The Kier molecular flexibility index (Phi) is 5.60. The number of carbonyl (C=O) groups is 1. The molecule has 0 bridgehead atoms. The molecule has 1 atom stereocenters. The highest BCUT2D eigenvalue weighted by Gasteiger charge is 2.29. The predicted octanol–water partition coefficient (Wildman–Crippen LogP) is 2.75. The Morgan fingerprint density at radius 2 is 2.16 bits per heavy atom. The third-order valence-electron chi connectivity index (χ3n) is 3.35. The first-order valence-electron chi connectivity index (χ1n) is 6.92. The van der Waals surface area contributed by atoms with Gasteiger partial charge < -0.3 is 14.6 Å². The second kappa shape index (κ2) is 6.75. The van der Waals surface area contributed by atoms with Gasteiger partial charge >= 0.3 is 5.97 Å². The van der Waals surface area contributed by atoms with Gasteiger partial charge in [-0.3, -0.25) is 4.79 Å². The Balaban J connectivity index is 2.77. The zero-order chi connectivity index (χ0) is 14.5. The third-order valence-corrected chi connectivity index (χ3v) is 3.35. The zero-order valence-corrected chi connectivity index (χ0v) is 12.7. The lowest BCUT2D eigenvalue weighted by Gasteiger charge is -2.22. The number of rotatable bonds is 7. The molecule has 4 heteroatoms. The molecular formula is C15H26N2O2. The number of aromatic nitrogens is 1. The van der Waals surface area contributed by atoms with Crippen LogP contribution in [0.3, 0.4) is 0 Å². The lowest BCUT2D eigenvalue weighted by molar-refractivity contribution is -0.151. The van der Waals surface area contributed by atoms with E-state index in [1.165, 1.54) is 12.7 Å². The Morgan fingerprint density at radius 1 is 1.47 bits per heavy atom. The first kappa shape index (κ1) is 15.8. The summed E-state index contributed by atoms with van der Waals surface area (Å²) in [4.78, 5) is 11.7. The second-order valence-electron chi connectivity index (χ2n) is 5.51. The van der Waals surface area contributed by atoms with Crippen LogP contribution in [0.5, 0.6) is 0 Å². The topological polar surface area (TPSA) is 43.3 Å².